The van der Waals surface area contributed by atoms with Gasteiger partial charge in [0, 0.05) is 10.4 Å². The standard InChI is InChI=1S/C16H17BrO2/c1-19-16-8-7-15(17)10-13(16)9-14(11-18)12-5-3-2-4-6-12/h2-8,10,14,18H,9,11H2,1H3. The molecule has 100 valence electrons. The van der Waals surface area contributed by atoms with Gasteiger partial charge in [-0.2, -0.15) is 0 Å². The van der Waals surface area contributed by atoms with Crippen LogP contribution in [0.15, 0.2) is 53.0 Å². The number of hydrogen-bond donors (Lipinski definition) is 1. The van der Waals surface area contributed by atoms with Crippen molar-refractivity contribution in [3.8, 4) is 5.75 Å². The fourth-order valence-electron chi connectivity index (χ4n) is 2.19. The molecule has 0 amide bonds. The first kappa shape index (κ1) is 14.1. The number of hydrogen-bond acceptors (Lipinski definition) is 2. The first-order chi connectivity index (χ1) is 9.24. The topological polar surface area (TPSA) is 29.5 Å². The lowest BCUT2D eigenvalue weighted by Gasteiger charge is -2.17. The van der Waals surface area contributed by atoms with E-state index >= 15 is 0 Å². The highest BCUT2D eigenvalue weighted by molar-refractivity contribution is 9.10. The average Bonchev–Trinajstić information content (AvgIpc) is 2.46. The number of aliphatic hydroxyl groups is 1. The number of aliphatic hydroxyl groups excluding tert-OH is 1. The van der Waals surface area contributed by atoms with Gasteiger partial charge in [-0.25, -0.2) is 0 Å². The number of benzene rings is 2. The van der Waals surface area contributed by atoms with Gasteiger partial charge in [-0.3, -0.25) is 0 Å². The number of halogens is 1. The molecule has 1 atom stereocenters. The summed E-state index contributed by atoms with van der Waals surface area (Å²) in [6.07, 6.45) is 0.753. The number of methoxy groups -OCH3 is 1. The van der Waals surface area contributed by atoms with E-state index in [0.29, 0.717) is 0 Å². The third-order valence-electron chi connectivity index (χ3n) is 3.20. The summed E-state index contributed by atoms with van der Waals surface area (Å²) < 4.78 is 6.40. The van der Waals surface area contributed by atoms with E-state index in [2.05, 4.69) is 15.9 Å². The van der Waals surface area contributed by atoms with Crippen LogP contribution in [-0.4, -0.2) is 18.8 Å². The molecule has 0 aliphatic rings. The Bertz CT molecular complexity index is 526. The third-order valence-corrected chi connectivity index (χ3v) is 3.69. The molecule has 1 N–H and O–H groups in total. The van der Waals surface area contributed by atoms with E-state index < -0.39 is 0 Å². The predicted molar refractivity (Wildman–Crippen MR) is 80.7 cm³/mol. The van der Waals surface area contributed by atoms with E-state index in [4.69, 9.17) is 4.74 Å². The highest BCUT2D eigenvalue weighted by atomic mass is 79.9. The van der Waals surface area contributed by atoms with Crippen LogP contribution in [0.25, 0.3) is 0 Å². The van der Waals surface area contributed by atoms with Gasteiger partial charge in [0.25, 0.3) is 0 Å². The van der Waals surface area contributed by atoms with Gasteiger partial charge < -0.3 is 9.84 Å². The second-order valence-electron chi connectivity index (χ2n) is 4.45. The van der Waals surface area contributed by atoms with E-state index in [1.54, 1.807) is 7.11 Å². The Morgan fingerprint density at radius 1 is 1.16 bits per heavy atom. The summed E-state index contributed by atoms with van der Waals surface area (Å²) in [6, 6.07) is 16.0. The Morgan fingerprint density at radius 3 is 2.53 bits per heavy atom. The van der Waals surface area contributed by atoms with Crippen LogP contribution in [0.4, 0.5) is 0 Å². The first-order valence-electron chi connectivity index (χ1n) is 6.23. The van der Waals surface area contributed by atoms with Crippen LogP contribution in [0.5, 0.6) is 5.75 Å². The van der Waals surface area contributed by atoms with Gasteiger partial charge in [-0.1, -0.05) is 46.3 Å². The molecule has 0 spiro atoms. The highest BCUT2D eigenvalue weighted by Gasteiger charge is 2.14. The van der Waals surface area contributed by atoms with Gasteiger partial charge in [-0.15, -0.1) is 0 Å². The van der Waals surface area contributed by atoms with E-state index in [0.717, 1.165) is 27.8 Å². The van der Waals surface area contributed by atoms with Crippen LogP contribution in [0, 0.1) is 0 Å². The molecule has 1 unspecified atom stereocenters. The summed E-state index contributed by atoms with van der Waals surface area (Å²) in [7, 11) is 1.67. The van der Waals surface area contributed by atoms with E-state index in [1.807, 2.05) is 48.5 Å². The zero-order chi connectivity index (χ0) is 13.7. The Hall–Kier alpha value is -1.32. The summed E-state index contributed by atoms with van der Waals surface area (Å²) in [4.78, 5) is 0. The van der Waals surface area contributed by atoms with Crippen LogP contribution < -0.4 is 4.74 Å². The van der Waals surface area contributed by atoms with Crippen molar-refractivity contribution in [1.29, 1.82) is 0 Å². The zero-order valence-corrected chi connectivity index (χ0v) is 12.4. The molecule has 2 rings (SSSR count). The average molecular weight is 321 g/mol. The van der Waals surface area contributed by atoms with Gasteiger partial charge in [0.05, 0.1) is 13.7 Å². The van der Waals surface area contributed by atoms with Crippen molar-refractivity contribution in [2.24, 2.45) is 0 Å². The molecular weight excluding hydrogens is 304 g/mol. The Balaban J connectivity index is 2.26. The molecule has 0 fully saturated rings. The minimum absolute atomic E-state index is 0.0874. The predicted octanol–water partition coefficient (Wildman–Crippen LogP) is 3.78. The maximum atomic E-state index is 9.62. The van der Waals surface area contributed by atoms with Crippen LogP contribution in [-0.2, 0) is 6.42 Å². The lowest BCUT2D eigenvalue weighted by atomic mass is 9.92. The van der Waals surface area contributed by atoms with Gasteiger partial charge in [0.2, 0.25) is 0 Å². The smallest absolute Gasteiger partial charge is 0.122 e. The molecular formula is C16H17BrO2. The normalized spacial score (nSPS) is 12.2. The monoisotopic (exact) mass is 320 g/mol. The van der Waals surface area contributed by atoms with Crippen molar-refractivity contribution in [3.63, 3.8) is 0 Å². The van der Waals surface area contributed by atoms with Gasteiger partial charge in [-0.05, 0) is 35.7 Å². The van der Waals surface area contributed by atoms with E-state index in [9.17, 15) is 5.11 Å². The molecule has 2 aromatic rings. The summed E-state index contributed by atoms with van der Waals surface area (Å²) in [5.41, 5.74) is 2.24. The lowest BCUT2D eigenvalue weighted by molar-refractivity contribution is 0.263. The summed E-state index contributed by atoms with van der Waals surface area (Å²) in [6.45, 7) is 0.125. The maximum absolute atomic E-state index is 9.62. The zero-order valence-electron chi connectivity index (χ0n) is 10.8. The van der Waals surface area contributed by atoms with Gasteiger partial charge >= 0.3 is 0 Å². The van der Waals surface area contributed by atoms with E-state index in [1.165, 1.54) is 0 Å². The van der Waals surface area contributed by atoms with Gasteiger partial charge in [0.15, 0.2) is 0 Å². The SMILES string of the molecule is COc1ccc(Br)cc1CC(CO)c1ccccc1. The molecule has 2 nitrogen and oxygen atoms in total. The molecule has 0 saturated carbocycles. The van der Waals surface area contributed by atoms with Crippen LogP contribution in [0.3, 0.4) is 0 Å². The molecule has 0 heterocycles. The lowest BCUT2D eigenvalue weighted by Crippen LogP contribution is -2.08. The first-order valence-corrected chi connectivity index (χ1v) is 7.02. The summed E-state index contributed by atoms with van der Waals surface area (Å²) in [5, 5.41) is 9.62. The van der Waals surface area contributed by atoms with Crippen molar-refractivity contribution in [3.05, 3.63) is 64.1 Å². The van der Waals surface area contributed by atoms with Crippen LogP contribution >= 0.6 is 15.9 Å². The molecule has 0 aromatic heterocycles. The Morgan fingerprint density at radius 2 is 1.89 bits per heavy atom. The van der Waals surface area contributed by atoms with Crippen molar-refractivity contribution >= 4 is 15.9 Å². The largest absolute Gasteiger partial charge is 0.496 e. The highest BCUT2D eigenvalue weighted by Crippen LogP contribution is 2.28. The molecule has 3 heteroatoms. The molecule has 0 aliphatic heterocycles. The minimum Gasteiger partial charge on any atom is -0.496 e. The van der Waals surface area contributed by atoms with Crippen molar-refractivity contribution in [1.82, 2.24) is 0 Å². The van der Waals surface area contributed by atoms with Gasteiger partial charge in [0.1, 0.15) is 5.75 Å². The second kappa shape index (κ2) is 6.73. The van der Waals surface area contributed by atoms with Crippen molar-refractivity contribution in [2.75, 3.05) is 13.7 Å². The molecule has 19 heavy (non-hydrogen) atoms. The number of ether oxygens (including phenoxy) is 1. The fraction of sp³-hybridized carbons (Fsp3) is 0.250. The maximum Gasteiger partial charge on any atom is 0.122 e. The fourth-order valence-corrected chi connectivity index (χ4v) is 2.59. The molecule has 0 saturated heterocycles. The van der Waals surface area contributed by atoms with Crippen LogP contribution in [0.2, 0.25) is 0 Å². The Kier molecular flexibility index (Phi) is 5.00. The van der Waals surface area contributed by atoms with Crippen molar-refractivity contribution < 1.29 is 9.84 Å². The minimum atomic E-state index is 0.0874. The number of rotatable bonds is 5. The molecule has 0 radical (unpaired) electrons. The second-order valence-corrected chi connectivity index (χ2v) is 5.37. The quantitative estimate of drug-likeness (QED) is 0.908. The molecule has 0 bridgehead atoms. The van der Waals surface area contributed by atoms with E-state index in [-0.39, 0.29) is 12.5 Å². The third kappa shape index (κ3) is 3.58. The molecule has 0 aliphatic carbocycles. The van der Waals surface area contributed by atoms with Crippen LogP contribution in [0.1, 0.15) is 17.0 Å². The summed E-state index contributed by atoms with van der Waals surface area (Å²) in [5.74, 6) is 0.946. The molecule has 2 aromatic carbocycles. The summed E-state index contributed by atoms with van der Waals surface area (Å²) >= 11 is 3.48. The Labute approximate surface area is 122 Å². The van der Waals surface area contributed by atoms with Crippen molar-refractivity contribution in [2.45, 2.75) is 12.3 Å².